The molecule has 2 aliphatic rings. The Morgan fingerprint density at radius 3 is 2.50 bits per heavy atom. The van der Waals surface area contributed by atoms with Crippen molar-refractivity contribution < 1.29 is 4.79 Å². The molecule has 6 nitrogen and oxygen atoms in total. The number of anilines is 1. The van der Waals surface area contributed by atoms with Gasteiger partial charge in [0.05, 0.1) is 29.5 Å². The molecule has 4 rings (SSSR count). The van der Waals surface area contributed by atoms with Gasteiger partial charge < -0.3 is 5.32 Å². The minimum atomic E-state index is -0.228. The van der Waals surface area contributed by atoms with E-state index in [-0.39, 0.29) is 17.1 Å². The lowest BCUT2D eigenvalue weighted by molar-refractivity contribution is 0.0658. The zero-order valence-electron chi connectivity index (χ0n) is 16.4. The molecule has 0 unspecified atom stereocenters. The summed E-state index contributed by atoms with van der Waals surface area (Å²) < 4.78 is 0. The monoisotopic (exact) mass is 375 g/mol. The highest BCUT2D eigenvalue weighted by Crippen LogP contribution is 2.46. The van der Waals surface area contributed by atoms with Crippen molar-refractivity contribution >= 4 is 11.7 Å². The molecule has 1 aliphatic heterocycles. The number of carbonyl (C=O) groups is 1. The van der Waals surface area contributed by atoms with Crippen molar-refractivity contribution in [3.63, 3.8) is 0 Å². The van der Waals surface area contributed by atoms with E-state index in [2.05, 4.69) is 65.7 Å². The molecule has 28 heavy (non-hydrogen) atoms. The molecule has 0 radical (unpaired) electrons. The number of nitriles is 1. The third-order valence-electron chi connectivity index (χ3n) is 6.44. The van der Waals surface area contributed by atoms with Gasteiger partial charge in [0.1, 0.15) is 6.07 Å². The van der Waals surface area contributed by atoms with E-state index in [1.807, 2.05) is 0 Å². The Morgan fingerprint density at radius 1 is 1.14 bits per heavy atom. The van der Waals surface area contributed by atoms with Crippen LogP contribution in [0.15, 0.2) is 48.8 Å². The molecule has 1 aromatic carbocycles. The summed E-state index contributed by atoms with van der Waals surface area (Å²) in [6.45, 7) is 0.612. The van der Waals surface area contributed by atoms with Gasteiger partial charge in [0.25, 0.3) is 0 Å². The van der Waals surface area contributed by atoms with Gasteiger partial charge in [-0.05, 0) is 51.4 Å². The van der Waals surface area contributed by atoms with Crippen LogP contribution in [-0.2, 0) is 5.54 Å². The molecule has 1 spiro atoms. The fourth-order valence-electron chi connectivity index (χ4n) is 4.72. The molecule has 6 heteroatoms. The van der Waals surface area contributed by atoms with Gasteiger partial charge in [-0.1, -0.05) is 30.3 Å². The van der Waals surface area contributed by atoms with Crippen LogP contribution in [0.25, 0.3) is 0 Å². The predicted octanol–water partition coefficient (Wildman–Crippen LogP) is 3.25. The number of benzene rings is 1. The van der Waals surface area contributed by atoms with Crippen molar-refractivity contribution in [2.75, 3.05) is 25.5 Å². The van der Waals surface area contributed by atoms with Crippen LogP contribution in [0.2, 0.25) is 0 Å². The minimum Gasteiger partial charge on any atom is -0.330 e. The van der Waals surface area contributed by atoms with Crippen molar-refractivity contribution in [2.24, 2.45) is 0 Å². The van der Waals surface area contributed by atoms with Crippen LogP contribution >= 0.6 is 0 Å². The molecule has 1 saturated carbocycles. The lowest BCUT2D eigenvalue weighted by atomic mass is 9.69. The molecule has 1 saturated heterocycles. The van der Waals surface area contributed by atoms with Gasteiger partial charge in [-0.2, -0.15) is 5.26 Å². The molecule has 0 atom stereocenters. The van der Waals surface area contributed by atoms with Crippen molar-refractivity contribution in [1.29, 1.82) is 5.26 Å². The molecular formula is C22H25N5O. The van der Waals surface area contributed by atoms with Gasteiger partial charge in [0.2, 0.25) is 0 Å². The summed E-state index contributed by atoms with van der Waals surface area (Å²) in [5.41, 5.74) is 2.24. The Hall–Kier alpha value is -2.91. The number of carbonyl (C=O) groups excluding carboxylic acids is 1. The highest BCUT2D eigenvalue weighted by atomic mass is 16.2. The van der Waals surface area contributed by atoms with E-state index in [1.54, 1.807) is 17.2 Å². The van der Waals surface area contributed by atoms with Gasteiger partial charge >= 0.3 is 6.03 Å². The van der Waals surface area contributed by atoms with Crippen LogP contribution in [0, 0.1) is 11.3 Å². The van der Waals surface area contributed by atoms with Crippen LogP contribution in [0.3, 0.4) is 0 Å². The quantitative estimate of drug-likeness (QED) is 0.894. The zero-order chi connectivity index (χ0) is 19.8. The first-order valence-corrected chi connectivity index (χ1v) is 9.66. The molecule has 2 amide bonds. The van der Waals surface area contributed by atoms with E-state index < -0.39 is 0 Å². The Labute approximate surface area is 165 Å². The Morgan fingerprint density at radius 2 is 1.86 bits per heavy atom. The van der Waals surface area contributed by atoms with Gasteiger partial charge in [-0.15, -0.1) is 0 Å². The summed E-state index contributed by atoms with van der Waals surface area (Å²) in [5.74, 6) is 0. The fraction of sp³-hybridized carbons (Fsp3) is 0.409. The maximum atomic E-state index is 12.7. The van der Waals surface area contributed by atoms with E-state index in [0.717, 1.165) is 25.7 Å². The molecule has 1 N–H and O–H groups in total. The summed E-state index contributed by atoms with van der Waals surface area (Å²) in [6.07, 6.45) is 6.94. The molecule has 144 valence electrons. The second kappa shape index (κ2) is 6.92. The molecule has 1 aromatic heterocycles. The topological polar surface area (TPSA) is 72.3 Å². The first-order chi connectivity index (χ1) is 13.5. The van der Waals surface area contributed by atoms with Crippen molar-refractivity contribution in [2.45, 2.75) is 36.8 Å². The molecule has 2 fully saturated rings. The highest BCUT2D eigenvalue weighted by Gasteiger charge is 2.50. The number of urea groups is 1. The zero-order valence-corrected chi connectivity index (χ0v) is 16.4. The molecule has 1 aliphatic carbocycles. The summed E-state index contributed by atoms with van der Waals surface area (Å²) in [5, 5.41) is 12.4. The second-order valence-electron chi connectivity index (χ2n) is 8.13. The molecular weight excluding hydrogens is 350 g/mol. The van der Waals surface area contributed by atoms with Crippen molar-refractivity contribution in [3.8, 4) is 6.07 Å². The van der Waals surface area contributed by atoms with Crippen LogP contribution in [0.5, 0.6) is 0 Å². The molecule has 0 bridgehead atoms. The standard InChI is InChI=1S/C22H25N5O/c1-26(2)22(18-6-4-3-5-7-18)10-8-21(9-11-22)16-27(20(28)25-21)19-12-17(13-23)14-24-15-19/h3-7,12,14-15H,8-11,16H2,1-2H3,(H,25,28)/t21-,22-. The van der Waals surface area contributed by atoms with Gasteiger partial charge in [0, 0.05) is 11.7 Å². The number of hydrogen-bond acceptors (Lipinski definition) is 4. The molecule has 2 heterocycles. The number of nitrogens with zero attached hydrogens (tertiary/aromatic N) is 4. The lowest BCUT2D eigenvalue weighted by Crippen LogP contribution is -2.54. The van der Waals surface area contributed by atoms with E-state index in [9.17, 15) is 4.79 Å². The highest BCUT2D eigenvalue weighted by molar-refractivity contribution is 5.95. The normalized spacial score (nSPS) is 27.1. The number of amides is 2. The first-order valence-electron chi connectivity index (χ1n) is 9.66. The number of rotatable bonds is 3. The van der Waals surface area contributed by atoms with Gasteiger partial charge in [0.15, 0.2) is 0 Å². The SMILES string of the molecule is CN(C)[C@]1(c2ccccc2)CC[C@@]2(CC1)CN(c1cncc(C#N)c1)C(=O)N2. The maximum Gasteiger partial charge on any atom is 0.322 e. The van der Waals surface area contributed by atoms with E-state index in [4.69, 9.17) is 5.26 Å². The first kappa shape index (κ1) is 18.5. The van der Waals surface area contributed by atoms with E-state index >= 15 is 0 Å². The lowest BCUT2D eigenvalue weighted by Gasteiger charge is -2.48. The number of pyridine rings is 1. The summed E-state index contributed by atoms with van der Waals surface area (Å²) in [4.78, 5) is 20.9. The van der Waals surface area contributed by atoms with Crippen LogP contribution in [-0.4, -0.2) is 42.1 Å². The molecule has 2 aromatic rings. The third kappa shape index (κ3) is 3.02. The maximum absolute atomic E-state index is 12.7. The second-order valence-corrected chi connectivity index (χ2v) is 8.13. The van der Waals surface area contributed by atoms with Crippen molar-refractivity contribution in [3.05, 3.63) is 59.9 Å². The fourth-order valence-corrected chi connectivity index (χ4v) is 4.72. The Kier molecular flexibility index (Phi) is 4.56. The van der Waals surface area contributed by atoms with Crippen LogP contribution < -0.4 is 10.2 Å². The minimum absolute atomic E-state index is 0.00701. The number of hydrogen-bond donors (Lipinski definition) is 1. The summed E-state index contributed by atoms with van der Waals surface area (Å²) in [7, 11) is 4.28. The summed E-state index contributed by atoms with van der Waals surface area (Å²) >= 11 is 0. The van der Waals surface area contributed by atoms with E-state index in [0.29, 0.717) is 17.8 Å². The number of nitrogens with one attached hydrogen (secondary N) is 1. The Bertz CT molecular complexity index is 910. The Balaban J connectivity index is 1.56. The van der Waals surface area contributed by atoms with Gasteiger partial charge in [-0.25, -0.2) is 4.79 Å². The summed E-state index contributed by atoms with van der Waals surface area (Å²) in [6, 6.07) is 14.4. The van der Waals surface area contributed by atoms with E-state index in [1.165, 1.54) is 11.8 Å². The van der Waals surface area contributed by atoms with Gasteiger partial charge in [-0.3, -0.25) is 14.8 Å². The third-order valence-corrected chi connectivity index (χ3v) is 6.44. The average Bonchev–Trinajstić information content (AvgIpc) is 3.05. The largest absolute Gasteiger partial charge is 0.330 e. The smallest absolute Gasteiger partial charge is 0.322 e. The van der Waals surface area contributed by atoms with Crippen molar-refractivity contribution in [1.82, 2.24) is 15.2 Å². The van der Waals surface area contributed by atoms with Crippen LogP contribution in [0.4, 0.5) is 10.5 Å². The average molecular weight is 375 g/mol. The number of aromatic nitrogens is 1. The predicted molar refractivity (Wildman–Crippen MR) is 108 cm³/mol. The van der Waals surface area contributed by atoms with Crippen LogP contribution in [0.1, 0.15) is 36.8 Å².